The Labute approximate surface area is 219 Å². The molecule has 36 heavy (non-hydrogen) atoms. The summed E-state index contributed by atoms with van der Waals surface area (Å²) in [6.07, 6.45) is 18.1. The van der Waals surface area contributed by atoms with E-state index in [4.69, 9.17) is 0 Å². The van der Waals surface area contributed by atoms with Crippen LogP contribution in [0.25, 0.3) is 0 Å². The lowest BCUT2D eigenvalue weighted by molar-refractivity contribution is -0.968. The normalized spacial score (nSPS) is 15.9. The van der Waals surface area contributed by atoms with Crippen molar-refractivity contribution in [3.63, 3.8) is 0 Å². The Morgan fingerprint density at radius 2 is 0.917 bits per heavy atom. The average molecular weight is 513 g/mol. The molecule has 0 rings (SSSR count). The fourth-order valence-electron chi connectivity index (χ4n) is 5.51. The molecule has 0 aliphatic carbocycles. The van der Waals surface area contributed by atoms with E-state index in [1.165, 1.54) is 44.9 Å². The predicted molar refractivity (Wildman–Crippen MR) is 145 cm³/mol. The predicted octanol–water partition coefficient (Wildman–Crippen LogP) is 7.04. The third-order valence-corrected chi connectivity index (χ3v) is 7.34. The molecule has 0 amide bonds. The van der Waals surface area contributed by atoms with Crippen LogP contribution in [0.2, 0.25) is 0 Å². The summed E-state index contributed by atoms with van der Waals surface area (Å²) in [5.74, 6) is -3.35. The Morgan fingerprint density at radius 3 is 1.25 bits per heavy atom. The molecule has 3 atom stereocenters. The fraction of sp³-hybridized carbons (Fsp3) is 0.828. The molecule has 0 fully saturated rings. The first-order chi connectivity index (χ1) is 17.2. The van der Waals surface area contributed by atoms with Crippen LogP contribution in [-0.4, -0.2) is 62.4 Å². The number of rotatable bonds is 24. The van der Waals surface area contributed by atoms with E-state index < -0.39 is 40.5 Å². The molecule has 3 unspecified atom stereocenters. The maximum Gasteiger partial charge on any atom is 0.362 e. The van der Waals surface area contributed by atoms with Crippen molar-refractivity contribution in [3.8, 4) is 0 Å². The van der Waals surface area contributed by atoms with Crippen molar-refractivity contribution in [2.24, 2.45) is 0 Å². The lowest BCUT2D eigenvalue weighted by Gasteiger charge is -2.49. The van der Waals surface area contributed by atoms with Gasteiger partial charge in [0.15, 0.2) is 18.1 Å². The molecule has 0 aromatic rings. The van der Waals surface area contributed by atoms with Crippen molar-refractivity contribution in [1.29, 1.82) is 0 Å². The van der Waals surface area contributed by atoms with Crippen LogP contribution in [0.3, 0.4) is 0 Å². The zero-order valence-corrected chi connectivity index (χ0v) is 23.4. The maximum absolute atomic E-state index is 12.5. The van der Waals surface area contributed by atoms with Gasteiger partial charge in [0.1, 0.15) is 0 Å². The molecular weight excluding hydrogens is 458 g/mol. The van der Waals surface area contributed by atoms with Crippen molar-refractivity contribution in [3.05, 3.63) is 12.2 Å². The molecule has 0 aromatic heterocycles. The van der Waals surface area contributed by atoms with Gasteiger partial charge in [-0.2, -0.15) is 0 Å². The number of carboxylic acids is 3. The van der Waals surface area contributed by atoms with Gasteiger partial charge in [-0.05, 0) is 38.2 Å². The Balaban J connectivity index is 5.72. The number of aliphatic carboxylic acids is 3. The van der Waals surface area contributed by atoms with E-state index >= 15 is 0 Å². The summed E-state index contributed by atoms with van der Waals surface area (Å²) in [6, 6.07) is -3.27. The van der Waals surface area contributed by atoms with Gasteiger partial charge in [0.2, 0.25) is 0 Å². The van der Waals surface area contributed by atoms with Crippen LogP contribution in [0.15, 0.2) is 12.2 Å². The van der Waals surface area contributed by atoms with Crippen molar-refractivity contribution in [2.45, 2.75) is 149 Å². The van der Waals surface area contributed by atoms with Gasteiger partial charge in [0.05, 0.1) is 6.54 Å². The largest absolute Gasteiger partial charge is 0.477 e. The van der Waals surface area contributed by atoms with E-state index in [9.17, 15) is 29.7 Å². The summed E-state index contributed by atoms with van der Waals surface area (Å²) in [6.45, 7) is 7.89. The third-order valence-electron chi connectivity index (χ3n) is 7.34. The first-order valence-corrected chi connectivity index (χ1v) is 14.4. The summed E-state index contributed by atoms with van der Waals surface area (Å²) in [5.41, 5.74) is 0. The standard InChI is InChI=1S/C29H53NO6/c1-5-9-10-11-12-13-14-15-16-17-18-19-23-30(24(20-6-2)27(31)32,25(21-7-3)28(33)34)26(22-8-4)29(35)36/h18-19,24-26H,5-17,20-23H2,1-4H3,(H2-,31,32,33,34,35,36)/p+1/b19-18+. The maximum atomic E-state index is 12.5. The van der Waals surface area contributed by atoms with Crippen LogP contribution in [0, 0.1) is 0 Å². The zero-order valence-electron chi connectivity index (χ0n) is 23.4. The minimum atomic E-state index is -1.12. The number of quaternary nitrogens is 1. The summed E-state index contributed by atoms with van der Waals surface area (Å²) in [5, 5.41) is 30.6. The molecule has 0 bridgehead atoms. The second-order valence-corrected chi connectivity index (χ2v) is 10.2. The molecule has 0 saturated carbocycles. The minimum Gasteiger partial charge on any atom is -0.477 e. The van der Waals surface area contributed by atoms with Gasteiger partial charge in [0.25, 0.3) is 0 Å². The van der Waals surface area contributed by atoms with Gasteiger partial charge in [0, 0.05) is 19.3 Å². The number of unbranched alkanes of at least 4 members (excludes halogenated alkanes) is 9. The van der Waals surface area contributed by atoms with Crippen molar-refractivity contribution < 1.29 is 34.2 Å². The Bertz CT molecular complexity index is 588. The molecule has 0 aliphatic rings. The fourth-order valence-corrected chi connectivity index (χ4v) is 5.51. The number of hydrogen-bond donors (Lipinski definition) is 3. The molecule has 210 valence electrons. The molecule has 7 nitrogen and oxygen atoms in total. The molecule has 0 heterocycles. The first kappa shape index (κ1) is 34.1. The summed E-state index contributed by atoms with van der Waals surface area (Å²) >= 11 is 0. The first-order valence-electron chi connectivity index (χ1n) is 14.4. The molecular formula is C29H54NO6+. The molecule has 0 saturated heterocycles. The van der Waals surface area contributed by atoms with E-state index in [-0.39, 0.29) is 25.8 Å². The van der Waals surface area contributed by atoms with E-state index in [0.29, 0.717) is 19.3 Å². The smallest absolute Gasteiger partial charge is 0.362 e. The summed E-state index contributed by atoms with van der Waals surface area (Å²) < 4.78 is -0.455. The van der Waals surface area contributed by atoms with Crippen LogP contribution < -0.4 is 0 Å². The topological polar surface area (TPSA) is 112 Å². The Kier molecular flexibility index (Phi) is 19.1. The number of allylic oxidation sites excluding steroid dienone is 1. The highest BCUT2D eigenvalue weighted by atomic mass is 16.4. The van der Waals surface area contributed by atoms with Crippen LogP contribution >= 0.6 is 0 Å². The Hall–Kier alpha value is -1.89. The molecule has 0 spiro atoms. The van der Waals surface area contributed by atoms with Crippen LogP contribution in [-0.2, 0) is 14.4 Å². The van der Waals surface area contributed by atoms with Crippen LogP contribution in [0.1, 0.15) is 130 Å². The average Bonchev–Trinajstić information content (AvgIpc) is 2.83. The monoisotopic (exact) mass is 512 g/mol. The van der Waals surface area contributed by atoms with Crippen molar-refractivity contribution in [1.82, 2.24) is 0 Å². The van der Waals surface area contributed by atoms with Crippen LogP contribution in [0.4, 0.5) is 0 Å². The van der Waals surface area contributed by atoms with E-state index in [2.05, 4.69) is 6.92 Å². The highest BCUT2D eigenvalue weighted by Crippen LogP contribution is 2.33. The van der Waals surface area contributed by atoms with Gasteiger partial charge in [-0.15, -0.1) is 0 Å². The van der Waals surface area contributed by atoms with E-state index in [1.54, 1.807) is 0 Å². The highest BCUT2D eigenvalue weighted by Gasteiger charge is 2.56. The van der Waals surface area contributed by atoms with Crippen LogP contribution in [0.5, 0.6) is 0 Å². The molecule has 7 heteroatoms. The second kappa shape index (κ2) is 20.2. The lowest BCUT2D eigenvalue weighted by atomic mass is 9.92. The van der Waals surface area contributed by atoms with Gasteiger partial charge < -0.3 is 15.3 Å². The number of hydrogen-bond acceptors (Lipinski definition) is 3. The van der Waals surface area contributed by atoms with E-state index in [1.807, 2.05) is 32.9 Å². The zero-order chi connectivity index (χ0) is 27.4. The molecule has 0 aliphatic heterocycles. The summed E-state index contributed by atoms with van der Waals surface area (Å²) in [7, 11) is 0. The van der Waals surface area contributed by atoms with Gasteiger partial charge >= 0.3 is 17.9 Å². The van der Waals surface area contributed by atoms with Crippen molar-refractivity contribution in [2.75, 3.05) is 6.54 Å². The molecule has 3 N–H and O–H groups in total. The third kappa shape index (κ3) is 11.4. The lowest BCUT2D eigenvalue weighted by Crippen LogP contribution is -2.72. The van der Waals surface area contributed by atoms with Gasteiger partial charge in [-0.1, -0.05) is 85.1 Å². The number of carboxylic acid groups (broad SMARTS) is 3. The second-order valence-electron chi connectivity index (χ2n) is 10.2. The van der Waals surface area contributed by atoms with Crippen molar-refractivity contribution >= 4 is 17.9 Å². The Morgan fingerprint density at radius 1 is 0.556 bits per heavy atom. The highest BCUT2D eigenvalue weighted by molar-refractivity contribution is 5.78. The molecule has 0 radical (unpaired) electrons. The number of carbonyl (C=O) groups is 3. The molecule has 0 aromatic carbocycles. The SMILES string of the molecule is CCCCCCCCCCC/C=C/C[N+](C(CCC)C(=O)O)(C(CCC)C(=O)O)C(CCC)C(=O)O. The van der Waals surface area contributed by atoms with E-state index in [0.717, 1.165) is 19.3 Å². The minimum absolute atomic E-state index is 0.0995. The summed E-state index contributed by atoms with van der Waals surface area (Å²) in [4.78, 5) is 37.5. The van der Waals surface area contributed by atoms with Gasteiger partial charge in [-0.25, -0.2) is 14.4 Å². The van der Waals surface area contributed by atoms with Gasteiger partial charge in [-0.3, -0.25) is 4.48 Å². The number of nitrogens with zero attached hydrogens (tertiary/aromatic N) is 1. The quantitative estimate of drug-likeness (QED) is 0.0726.